The summed E-state index contributed by atoms with van der Waals surface area (Å²) in [5, 5.41) is 0. The zero-order chi connectivity index (χ0) is 13.0. The van der Waals surface area contributed by atoms with Gasteiger partial charge >= 0.3 is 0 Å². The van der Waals surface area contributed by atoms with Gasteiger partial charge < -0.3 is 4.74 Å². The van der Waals surface area contributed by atoms with Gasteiger partial charge in [-0.1, -0.05) is 30.3 Å². The summed E-state index contributed by atoms with van der Waals surface area (Å²) in [6, 6.07) is 11.4. The first-order chi connectivity index (χ1) is 8.70. The molecule has 0 aliphatic carbocycles. The Morgan fingerprint density at radius 2 is 1.72 bits per heavy atom. The van der Waals surface area contributed by atoms with Crippen LogP contribution in [0.5, 0.6) is 5.75 Å². The van der Waals surface area contributed by atoms with E-state index in [9.17, 15) is 8.78 Å². The lowest BCUT2D eigenvalue weighted by atomic mass is 10.2. The molecule has 0 fully saturated rings. The fourth-order valence-corrected chi connectivity index (χ4v) is 1.72. The van der Waals surface area contributed by atoms with Gasteiger partial charge in [-0.25, -0.2) is 8.78 Å². The van der Waals surface area contributed by atoms with Gasteiger partial charge in [-0.3, -0.25) is 0 Å². The SMILES string of the molecule is Fc1cc(OCc2ccccc2)c(F)cc1CCl. The Morgan fingerprint density at radius 3 is 2.39 bits per heavy atom. The van der Waals surface area contributed by atoms with Crippen LogP contribution in [0.25, 0.3) is 0 Å². The second-order valence-corrected chi connectivity index (χ2v) is 4.05. The van der Waals surface area contributed by atoms with E-state index >= 15 is 0 Å². The predicted octanol–water partition coefficient (Wildman–Crippen LogP) is 4.28. The zero-order valence-corrected chi connectivity index (χ0v) is 10.3. The van der Waals surface area contributed by atoms with Gasteiger partial charge in [0, 0.05) is 11.6 Å². The largest absolute Gasteiger partial charge is 0.486 e. The molecule has 94 valence electrons. The fraction of sp³-hybridized carbons (Fsp3) is 0.143. The topological polar surface area (TPSA) is 9.23 Å². The van der Waals surface area contributed by atoms with Gasteiger partial charge in [0.15, 0.2) is 11.6 Å². The van der Waals surface area contributed by atoms with Gasteiger partial charge in [-0.2, -0.15) is 0 Å². The van der Waals surface area contributed by atoms with Crippen molar-refractivity contribution in [3.63, 3.8) is 0 Å². The van der Waals surface area contributed by atoms with Crippen LogP contribution < -0.4 is 4.74 Å². The van der Waals surface area contributed by atoms with E-state index in [4.69, 9.17) is 16.3 Å². The third-order valence-corrected chi connectivity index (χ3v) is 2.77. The molecule has 1 nitrogen and oxygen atoms in total. The van der Waals surface area contributed by atoms with Gasteiger partial charge in [0.1, 0.15) is 12.4 Å². The minimum atomic E-state index is -0.608. The maximum Gasteiger partial charge on any atom is 0.165 e. The molecule has 2 aromatic rings. The molecule has 0 spiro atoms. The fourth-order valence-electron chi connectivity index (χ4n) is 1.52. The summed E-state index contributed by atoms with van der Waals surface area (Å²) in [6.45, 7) is 0.192. The van der Waals surface area contributed by atoms with Crippen molar-refractivity contribution >= 4 is 11.6 Å². The van der Waals surface area contributed by atoms with Gasteiger partial charge in [0.2, 0.25) is 0 Å². The first-order valence-corrected chi connectivity index (χ1v) is 5.95. The average molecular weight is 269 g/mol. The molecule has 0 unspecified atom stereocenters. The number of alkyl halides is 1. The predicted molar refractivity (Wildman–Crippen MR) is 66.7 cm³/mol. The molecule has 0 heterocycles. The van der Waals surface area contributed by atoms with Crippen LogP contribution >= 0.6 is 11.6 Å². The number of hydrogen-bond acceptors (Lipinski definition) is 1. The van der Waals surface area contributed by atoms with E-state index in [1.54, 1.807) is 0 Å². The van der Waals surface area contributed by atoms with Crippen LogP contribution in [0.3, 0.4) is 0 Å². The van der Waals surface area contributed by atoms with E-state index in [0.717, 1.165) is 17.7 Å². The number of hydrogen-bond donors (Lipinski definition) is 0. The molecule has 2 aromatic carbocycles. The highest BCUT2D eigenvalue weighted by molar-refractivity contribution is 6.17. The van der Waals surface area contributed by atoms with Crippen LogP contribution in [-0.2, 0) is 12.5 Å². The Morgan fingerprint density at radius 1 is 1.00 bits per heavy atom. The lowest BCUT2D eigenvalue weighted by molar-refractivity contribution is 0.288. The second kappa shape index (κ2) is 5.83. The van der Waals surface area contributed by atoms with Crippen molar-refractivity contribution in [1.82, 2.24) is 0 Å². The normalized spacial score (nSPS) is 10.4. The minimum Gasteiger partial charge on any atom is -0.486 e. The maximum atomic E-state index is 13.6. The molecule has 0 radical (unpaired) electrons. The highest BCUT2D eigenvalue weighted by Crippen LogP contribution is 2.23. The minimum absolute atomic E-state index is 0.0677. The first-order valence-electron chi connectivity index (χ1n) is 5.41. The molecule has 0 aliphatic heterocycles. The molecular formula is C14H11ClF2O. The molecule has 18 heavy (non-hydrogen) atoms. The molecular weight excluding hydrogens is 258 g/mol. The lowest BCUT2D eigenvalue weighted by Crippen LogP contribution is -1.99. The smallest absolute Gasteiger partial charge is 0.165 e. The van der Waals surface area contributed by atoms with Crippen molar-refractivity contribution in [2.24, 2.45) is 0 Å². The van der Waals surface area contributed by atoms with Crippen molar-refractivity contribution < 1.29 is 13.5 Å². The summed E-state index contributed by atoms with van der Waals surface area (Å²) >= 11 is 5.48. The summed E-state index contributed by atoms with van der Waals surface area (Å²) in [5.41, 5.74) is 1.01. The molecule has 0 bridgehead atoms. The van der Waals surface area contributed by atoms with Crippen molar-refractivity contribution in [1.29, 1.82) is 0 Å². The van der Waals surface area contributed by atoms with E-state index in [2.05, 4.69) is 0 Å². The van der Waals surface area contributed by atoms with Crippen molar-refractivity contribution in [3.8, 4) is 5.75 Å². The average Bonchev–Trinajstić information content (AvgIpc) is 2.40. The molecule has 4 heteroatoms. The van der Waals surface area contributed by atoms with Crippen LogP contribution in [0.1, 0.15) is 11.1 Å². The highest BCUT2D eigenvalue weighted by atomic mass is 35.5. The molecule has 0 aromatic heterocycles. The Kier molecular flexibility index (Phi) is 4.15. The molecule has 0 N–H and O–H groups in total. The maximum absolute atomic E-state index is 13.6. The van der Waals surface area contributed by atoms with Crippen LogP contribution in [0.4, 0.5) is 8.78 Å². The monoisotopic (exact) mass is 268 g/mol. The third kappa shape index (κ3) is 2.99. The molecule has 0 aliphatic rings. The summed E-state index contributed by atoms with van der Waals surface area (Å²) < 4.78 is 32.2. The molecule has 0 saturated carbocycles. The van der Waals surface area contributed by atoms with Crippen LogP contribution in [-0.4, -0.2) is 0 Å². The summed E-state index contributed by atoms with van der Waals surface area (Å²) in [5.74, 6) is -1.34. The third-order valence-electron chi connectivity index (χ3n) is 2.48. The summed E-state index contributed by atoms with van der Waals surface area (Å²) in [6.07, 6.45) is 0. The number of benzene rings is 2. The van der Waals surface area contributed by atoms with Gasteiger partial charge in [-0.05, 0) is 11.6 Å². The van der Waals surface area contributed by atoms with Gasteiger partial charge in [-0.15, -0.1) is 11.6 Å². The van der Waals surface area contributed by atoms with E-state index in [1.807, 2.05) is 30.3 Å². The van der Waals surface area contributed by atoms with E-state index in [0.29, 0.717) is 0 Å². The Hall–Kier alpha value is -1.61. The number of rotatable bonds is 4. The second-order valence-electron chi connectivity index (χ2n) is 3.78. The van der Waals surface area contributed by atoms with Crippen LogP contribution in [0.2, 0.25) is 0 Å². The summed E-state index contributed by atoms with van der Waals surface area (Å²) in [4.78, 5) is 0. The Balaban J connectivity index is 2.13. The van der Waals surface area contributed by atoms with E-state index in [-0.39, 0.29) is 23.8 Å². The first kappa shape index (κ1) is 12.8. The van der Waals surface area contributed by atoms with Crippen LogP contribution in [0.15, 0.2) is 42.5 Å². The molecule has 0 amide bonds. The van der Waals surface area contributed by atoms with E-state index < -0.39 is 11.6 Å². The quantitative estimate of drug-likeness (QED) is 0.752. The van der Waals surface area contributed by atoms with Crippen molar-refractivity contribution in [3.05, 3.63) is 65.2 Å². The Labute approximate surface area is 109 Å². The van der Waals surface area contributed by atoms with Crippen LogP contribution in [0, 0.1) is 11.6 Å². The molecule has 0 saturated heterocycles. The summed E-state index contributed by atoms with van der Waals surface area (Å²) in [7, 11) is 0. The van der Waals surface area contributed by atoms with E-state index in [1.165, 1.54) is 0 Å². The zero-order valence-electron chi connectivity index (χ0n) is 9.50. The number of halogens is 3. The molecule has 0 atom stereocenters. The standard InChI is InChI=1S/C14H11ClF2O/c15-8-11-6-13(17)14(7-12(11)16)18-9-10-4-2-1-3-5-10/h1-7H,8-9H2. The highest BCUT2D eigenvalue weighted by Gasteiger charge is 2.10. The Bertz CT molecular complexity index is 529. The van der Waals surface area contributed by atoms with Gasteiger partial charge in [0.25, 0.3) is 0 Å². The van der Waals surface area contributed by atoms with Crippen molar-refractivity contribution in [2.45, 2.75) is 12.5 Å². The number of ether oxygens (including phenoxy) is 1. The van der Waals surface area contributed by atoms with Crippen molar-refractivity contribution in [2.75, 3.05) is 0 Å². The lowest BCUT2D eigenvalue weighted by Gasteiger charge is -2.09. The molecule has 2 rings (SSSR count). The van der Waals surface area contributed by atoms with Gasteiger partial charge in [0.05, 0.1) is 5.88 Å².